The Labute approximate surface area is 223 Å². The van der Waals surface area contributed by atoms with Gasteiger partial charge in [0.25, 0.3) is 0 Å². The van der Waals surface area contributed by atoms with Crippen LogP contribution >= 0.6 is 23.2 Å². The smallest absolute Gasteiger partial charge is 0.244 e. The molecule has 3 rings (SSSR count). The summed E-state index contributed by atoms with van der Waals surface area (Å²) >= 11 is 12.1. The van der Waals surface area contributed by atoms with E-state index in [1.54, 1.807) is 6.92 Å². The first kappa shape index (κ1) is 28.3. The Morgan fingerprint density at radius 3 is 2.25 bits per heavy atom. The van der Waals surface area contributed by atoms with Crippen LogP contribution < -0.4 is 9.62 Å². The minimum absolute atomic E-state index is 0.0914. The monoisotopic (exact) mass is 553 g/mol. The second kappa shape index (κ2) is 12.3. The third kappa shape index (κ3) is 7.60. The van der Waals surface area contributed by atoms with Crippen molar-refractivity contribution in [3.63, 3.8) is 0 Å². The molecular weight excluding hydrogens is 521 g/mol. The summed E-state index contributed by atoms with van der Waals surface area (Å²) in [5.74, 6) is -0.749. The van der Waals surface area contributed by atoms with Crippen molar-refractivity contribution in [1.29, 1.82) is 0 Å². The first-order valence-electron chi connectivity index (χ1n) is 12.0. The molecular formula is C26H33Cl2N3O4S. The SMILES string of the molecule is Cc1ccc(CN(C(=O)CN(c2ccc(Cl)c(Cl)c2)S(C)(=O)=O)C(C)C(=O)NC2CCCCC2)cc1. The molecule has 0 radical (unpaired) electrons. The summed E-state index contributed by atoms with van der Waals surface area (Å²) in [6.07, 6.45) is 6.16. The van der Waals surface area contributed by atoms with Crippen LogP contribution in [0.25, 0.3) is 0 Å². The van der Waals surface area contributed by atoms with Crippen LogP contribution in [0.2, 0.25) is 10.0 Å². The van der Waals surface area contributed by atoms with Gasteiger partial charge in [-0.25, -0.2) is 8.42 Å². The molecule has 1 saturated carbocycles. The summed E-state index contributed by atoms with van der Waals surface area (Å²) in [7, 11) is -3.84. The normalized spacial score (nSPS) is 15.2. The lowest BCUT2D eigenvalue weighted by Crippen LogP contribution is -2.52. The molecule has 1 N–H and O–H groups in total. The summed E-state index contributed by atoms with van der Waals surface area (Å²) in [4.78, 5) is 28.2. The molecule has 10 heteroatoms. The summed E-state index contributed by atoms with van der Waals surface area (Å²) in [5.41, 5.74) is 2.13. The minimum atomic E-state index is -3.84. The number of rotatable bonds is 9. The number of halogens is 2. The van der Waals surface area contributed by atoms with Crippen LogP contribution in [0.1, 0.15) is 50.2 Å². The topological polar surface area (TPSA) is 86.8 Å². The molecule has 0 aromatic heterocycles. The van der Waals surface area contributed by atoms with Crippen molar-refractivity contribution in [2.24, 2.45) is 0 Å². The van der Waals surface area contributed by atoms with Crippen LogP contribution in [0.3, 0.4) is 0 Å². The van der Waals surface area contributed by atoms with Crippen LogP contribution in [-0.2, 0) is 26.2 Å². The summed E-state index contributed by atoms with van der Waals surface area (Å²) < 4.78 is 26.3. The van der Waals surface area contributed by atoms with E-state index in [1.165, 1.54) is 23.1 Å². The largest absolute Gasteiger partial charge is 0.352 e. The number of nitrogens with one attached hydrogen (secondary N) is 1. The highest BCUT2D eigenvalue weighted by Crippen LogP contribution is 2.28. The predicted octanol–water partition coefficient (Wildman–Crippen LogP) is 4.93. The molecule has 7 nitrogen and oxygen atoms in total. The van der Waals surface area contributed by atoms with Crippen LogP contribution in [0.4, 0.5) is 5.69 Å². The van der Waals surface area contributed by atoms with Gasteiger partial charge in [0.1, 0.15) is 12.6 Å². The van der Waals surface area contributed by atoms with E-state index in [9.17, 15) is 18.0 Å². The Morgan fingerprint density at radius 2 is 1.67 bits per heavy atom. The fourth-order valence-corrected chi connectivity index (χ4v) is 5.43. The van der Waals surface area contributed by atoms with Crippen molar-refractivity contribution < 1.29 is 18.0 Å². The number of hydrogen-bond acceptors (Lipinski definition) is 4. The molecule has 1 aliphatic carbocycles. The number of carbonyl (C=O) groups is 2. The molecule has 1 unspecified atom stereocenters. The van der Waals surface area contributed by atoms with E-state index in [0.29, 0.717) is 0 Å². The van der Waals surface area contributed by atoms with Crippen molar-refractivity contribution in [3.8, 4) is 0 Å². The fourth-order valence-electron chi connectivity index (χ4n) is 4.30. The van der Waals surface area contributed by atoms with E-state index in [1.807, 2.05) is 31.2 Å². The van der Waals surface area contributed by atoms with Gasteiger partial charge >= 0.3 is 0 Å². The Bertz CT molecular complexity index is 1180. The van der Waals surface area contributed by atoms with E-state index in [4.69, 9.17) is 23.2 Å². The maximum Gasteiger partial charge on any atom is 0.244 e. The molecule has 2 aromatic carbocycles. The molecule has 2 aromatic rings. The van der Waals surface area contributed by atoms with Gasteiger partial charge < -0.3 is 10.2 Å². The number of carbonyl (C=O) groups excluding carboxylic acids is 2. The van der Waals surface area contributed by atoms with Gasteiger partial charge in [0, 0.05) is 12.6 Å². The Balaban J connectivity index is 1.87. The third-order valence-corrected chi connectivity index (χ3v) is 8.34. The lowest BCUT2D eigenvalue weighted by Gasteiger charge is -2.33. The summed E-state index contributed by atoms with van der Waals surface area (Å²) in [5, 5.41) is 3.53. The quantitative estimate of drug-likeness (QED) is 0.476. The van der Waals surface area contributed by atoms with Crippen LogP contribution in [0.5, 0.6) is 0 Å². The average Bonchev–Trinajstić information content (AvgIpc) is 2.83. The highest BCUT2D eigenvalue weighted by atomic mass is 35.5. The maximum absolute atomic E-state index is 13.6. The second-order valence-corrected chi connectivity index (χ2v) is 12.1. The molecule has 196 valence electrons. The number of benzene rings is 2. The third-order valence-electron chi connectivity index (χ3n) is 6.46. The lowest BCUT2D eigenvalue weighted by atomic mass is 9.95. The standard InChI is InChI=1S/C26H33Cl2N3O4S/c1-18-9-11-20(12-10-18)16-30(19(2)26(33)29-21-7-5-4-6-8-21)25(32)17-31(36(3,34)35)22-13-14-23(27)24(28)15-22/h9-15,19,21H,4-8,16-17H2,1-3H3,(H,29,33). The molecule has 2 amide bonds. The van der Waals surface area contributed by atoms with Gasteiger partial charge in [-0.05, 0) is 50.5 Å². The second-order valence-electron chi connectivity index (χ2n) is 9.39. The van der Waals surface area contributed by atoms with Crippen molar-refractivity contribution in [1.82, 2.24) is 10.2 Å². The zero-order chi connectivity index (χ0) is 26.5. The molecule has 0 spiro atoms. The van der Waals surface area contributed by atoms with E-state index in [2.05, 4.69) is 5.32 Å². The summed E-state index contributed by atoms with van der Waals surface area (Å²) in [6, 6.07) is 11.3. The van der Waals surface area contributed by atoms with Gasteiger partial charge in [-0.1, -0.05) is 72.3 Å². The number of nitrogens with zero attached hydrogens (tertiary/aromatic N) is 2. The van der Waals surface area contributed by atoms with Gasteiger partial charge in [-0.3, -0.25) is 13.9 Å². The van der Waals surface area contributed by atoms with Gasteiger partial charge in [0.15, 0.2) is 0 Å². The molecule has 36 heavy (non-hydrogen) atoms. The summed E-state index contributed by atoms with van der Waals surface area (Å²) in [6.45, 7) is 3.32. The molecule has 0 aliphatic heterocycles. The van der Waals surface area contributed by atoms with Gasteiger partial charge in [0.05, 0.1) is 22.0 Å². The average molecular weight is 555 g/mol. The van der Waals surface area contributed by atoms with Gasteiger partial charge in [-0.2, -0.15) is 0 Å². The maximum atomic E-state index is 13.6. The lowest BCUT2D eigenvalue weighted by molar-refractivity contribution is -0.139. The van der Waals surface area contributed by atoms with E-state index < -0.39 is 28.5 Å². The molecule has 0 bridgehead atoms. The number of sulfonamides is 1. The first-order valence-corrected chi connectivity index (χ1v) is 14.6. The van der Waals surface area contributed by atoms with Gasteiger partial charge in [-0.15, -0.1) is 0 Å². The van der Waals surface area contributed by atoms with Crippen LogP contribution in [-0.4, -0.2) is 50.0 Å². The zero-order valence-corrected chi connectivity index (χ0v) is 23.2. The molecule has 0 heterocycles. The number of hydrogen-bond donors (Lipinski definition) is 1. The molecule has 1 atom stereocenters. The number of aryl methyl sites for hydroxylation is 1. The molecule has 1 fully saturated rings. The zero-order valence-electron chi connectivity index (χ0n) is 20.8. The molecule has 1 aliphatic rings. The van der Waals surface area contributed by atoms with Crippen molar-refractivity contribution >= 4 is 50.7 Å². The van der Waals surface area contributed by atoms with Crippen molar-refractivity contribution in [3.05, 3.63) is 63.6 Å². The first-order chi connectivity index (χ1) is 17.0. The predicted molar refractivity (Wildman–Crippen MR) is 145 cm³/mol. The highest BCUT2D eigenvalue weighted by Gasteiger charge is 2.31. The Morgan fingerprint density at radius 1 is 1.03 bits per heavy atom. The minimum Gasteiger partial charge on any atom is -0.352 e. The van der Waals surface area contributed by atoms with Crippen molar-refractivity contribution in [2.45, 2.75) is 64.6 Å². The van der Waals surface area contributed by atoms with Crippen LogP contribution in [0.15, 0.2) is 42.5 Å². The Kier molecular flexibility index (Phi) is 9.66. The van der Waals surface area contributed by atoms with Crippen LogP contribution in [0, 0.1) is 6.92 Å². The van der Waals surface area contributed by atoms with Gasteiger partial charge in [0.2, 0.25) is 21.8 Å². The van der Waals surface area contributed by atoms with E-state index >= 15 is 0 Å². The Hall–Kier alpha value is -2.29. The van der Waals surface area contributed by atoms with E-state index in [0.717, 1.165) is 53.8 Å². The number of amides is 2. The molecule has 0 saturated heterocycles. The fraction of sp³-hybridized carbons (Fsp3) is 0.462. The highest BCUT2D eigenvalue weighted by molar-refractivity contribution is 7.92. The van der Waals surface area contributed by atoms with E-state index in [-0.39, 0.29) is 34.2 Å². The number of anilines is 1. The van der Waals surface area contributed by atoms with Crippen molar-refractivity contribution in [2.75, 3.05) is 17.1 Å².